The Balaban J connectivity index is 1.39. The molecule has 24 heteroatoms. The molecule has 6 aliphatic heterocycles. The second-order valence-electron chi connectivity index (χ2n) is 15.6. The van der Waals surface area contributed by atoms with Gasteiger partial charge in [0.05, 0.1) is 66.6 Å². The number of halogens is 20. The number of allylic oxidation sites excluding steroid dienone is 4. The first-order chi connectivity index (χ1) is 32.6. The van der Waals surface area contributed by atoms with Crippen LogP contribution in [0.2, 0.25) is 0 Å². The van der Waals surface area contributed by atoms with Crippen LogP contribution < -0.4 is 10.7 Å². The number of rotatable bonds is 4. The lowest BCUT2D eigenvalue weighted by molar-refractivity contribution is -0.834. The molecule has 0 aliphatic carbocycles. The van der Waals surface area contributed by atoms with E-state index >= 15 is 70.2 Å². The minimum Gasteiger partial charge on any atom is -0.203 e. The van der Waals surface area contributed by atoms with Gasteiger partial charge in [-0.25, -0.2) is 87.8 Å². The molecule has 0 fully saturated rings. The Bertz CT molecular complexity index is 3640. The van der Waals surface area contributed by atoms with Crippen molar-refractivity contribution in [3.05, 3.63) is 221 Å². The normalized spacial score (nSPS) is 16.7. The molecule has 1 spiro atoms. The molecule has 6 aromatic rings. The van der Waals surface area contributed by atoms with Gasteiger partial charge in [0, 0.05) is 24.3 Å². The Morgan fingerprint density at radius 3 is 0.797 bits per heavy atom. The summed E-state index contributed by atoms with van der Waals surface area (Å²) in [6.45, 7) is 0. The summed E-state index contributed by atoms with van der Waals surface area (Å²) in [7, 11) is 0. The van der Waals surface area contributed by atoms with Crippen LogP contribution in [0.15, 0.2) is 60.0 Å². The van der Waals surface area contributed by atoms with E-state index in [-0.39, 0.29) is 0 Å². The van der Waals surface area contributed by atoms with Gasteiger partial charge in [0.15, 0.2) is 93.1 Å². The highest BCUT2D eigenvalue weighted by Gasteiger charge is 2.74. The lowest BCUT2D eigenvalue weighted by atomic mass is 9.91. The predicted octanol–water partition coefficient (Wildman–Crippen LogP) is 9.21. The monoisotopic (exact) mass is 984 g/mol. The van der Waals surface area contributed by atoms with Crippen molar-refractivity contribution >= 4 is 33.7 Å². The number of benzene rings is 4. The van der Waals surface area contributed by atoms with Gasteiger partial charge in [0.25, 0.3) is 0 Å². The Labute approximate surface area is 366 Å². The minimum atomic E-state index is -2.88. The predicted molar refractivity (Wildman–Crippen MR) is 192 cm³/mol. The van der Waals surface area contributed by atoms with Crippen LogP contribution in [0.3, 0.4) is 0 Å². The fourth-order valence-electron chi connectivity index (χ4n) is 10.0. The molecule has 69 heavy (non-hydrogen) atoms. The summed E-state index contributed by atoms with van der Waals surface area (Å²) >= 11 is 0. The molecule has 346 valence electrons. The van der Waals surface area contributed by atoms with E-state index in [2.05, 4.69) is 0 Å². The minimum absolute atomic E-state index is 0.665. The van der Waals surface area contributed by atoms with Gasteiger partial charge < -0.3 is 0 Å². The van der Waals surface area contributed by atoms with Gasteiger partial charge in [-0.1, -0.05) is 9.15 Å². The van der Waals surface area contributed by atoms with E-state index in [4.69, 9.17) is 0 Å². The molecule has 0 saturated carbocycles. The van der Waals surface area contributed by atoms with Crippen molar-refractivity contribution in [2.45, 2.75) is 5.91 Å². The quantitative estimate of drug-likeness (QED) is 0.0726. The number of nitrogens with zero attached hydrogens (tertiary/aromatic N) is 4. The van der Waals surface area contributed by atoms with E-state index < -0.39 is 212 Å². The first kappa shape index (κ1) is 42.4. The van der Waals surface area contributed by atoms with Crippen LogP contribution >= 0.6 is 0 Å². The Morgan fingerprint density at radius 2 is 0.522 bits per heavy atom. The van der Waals surface area contributed by atoms with Crippen LogP contribution in [-0.4, -0.2) is 29.7 Å². The molecule has 0 radical (unpaired) electrons. The highest BCUT2D eigenvalue weighted by molar-refractivity contribution is 6.29. The molecule has 0 atom stereocenters. The Hall–Kier alpha value is -7.92. The van der Waals surface area contributed by atoms with Crippen LogP contribution in [0.1, 0.15) is 33.6 Å². The van der Waals surface area contributed by atoms with Crippen LogP contribution in [0.4, 0.5) is 87.8 Å². The SMILES string of the molecule is Fc1c(F)c(F)c(C2=C3C=CC4=[N+]3C35n6c2ccc6C(c2c(F)c(F)c(F)c(F)c2F)=C2C=CC(=[N+]23)C(c2c(F)c(F)c(F)c(F)c2F)=c2ccc(n25)=C4c2c(F)c(F)c(F)c(F)c2F)c(F)c1F. The number of hydrogen-bond donors (Lipinski definition) is 0. The Kier molecular flexibility index (Phi) is 8.11. The van der Waals surface area contributed by atoms with E-state index in [1.807, 2.05) is 0 Å². The largest absolute Gasteiger partial charge is 0.553 e. The van der Waals surface area contributed by atoms with Crippen molar-refractivity contribution < 1.29 is 97.0 Å². The lowest BCUT2D eigenvalue weighted by Gasteiger charge is -2.41. The average molecular weight is 985 g/mol. The van der Waals surface area contributed by atoms with Crippen molar-refractivity contribution in [2.75, 3.05) is 0 Å². The molecule has 0 bridgehead atoms. The molecule has 2 aromatic heterocycles. The summed E-state index contributed by atoms with van der Waals surface area (Å²) in [6, 6.07) is 3.12. The van der Waals surface area contributed by atoms with E-state index in [1.165, 1.54) is 0 Å². The highest BCUT2D eigenvalue weighted by Crippen LogP contribution is 2.55. The molecule has 0 N–H and O–H groups in total. The van der Waals surface area contributed by atoms with Crippen molar-refractivity contribution in [3.8, 4) is 0 Å². The molecule has 0 amide bonds. The van der Waals surface area contributed by atoms with Crippen LogP contribution in [0.25, 0.3) is 22.3 Å². The molecule has 6 aliphatic rings. The summed E-state index contributed by atoms with van der Waals surface area (Å²) in [6.07, 6.45) is 3.12. The zero-order chi connectivity index (χ0) is 49.3. The van der Waals surface area contributed by atoms with Gasteiger partial charge in [-0.2, -0.15) is 9.13 Å². The van der Waals surface area contributed by atoms with E-state index in [0.717, 1.165) is 48.6 Å². The van der Waals surface area contributed by atoms with Gasteiger partial charge in [-0.3, -0.25) is 0 Å². The van der Waals surface area contributed by atoms with E-state index in [1.54, 1.807) is 0 Å². The maximum absolute atomic E-state index is 16.2. The third-order valence-electron chi connectivity index (χ3n) is 12.6. The summed E-state index contributed by atoms with van der Waals surface area (Å²) in [4.78, 5) is 0. The van der Waals surface area contributed by atoms with E-state index in [9.17, 15) is 17.6 Å². The maximum atomic E-state index is 16.2. The summed E-state index contributed by atoms with van der Waals surface area (Å²) in [5.74, 6) is -55.0. The molecule has 4 aromatic carbocycles. The van der Waals surface area contributed by atoms with Crippen molar-refractivity contribution in [2.24, 2.45) is 0 Å². The zero-order valence-electron chi connectivity index (χ0n) is 32.5. The summed E-state index contributed by atoms with van der Waals surface area (Å²) in [5, 5.41) is -1.64. The fourth-order valence-corrected chi connectivity index (χ4v) is 10.0. The van der Waals surface area contributed by atoms with Gasteiger partial charge in [-0.15, -0.1) is 0 Å². The van der Waals surface area contributed by atoms with Gasteiger partial charge in [-0.05, 0) is 24.3 Å². The van der Waals surface area contributed by atoms with Crippen LogP contribution in [-0.2, 0) is 5.91 Å². The standard InChI is InChI=1S/C45H8F20N4/c46-25-21(26(47)34(55)41(62)33(25)54)17-9-1-2-10-18(22-27(48)35(56)42(63)36(57)28(22)49)12-5-6-14-20(24-31(52)39(60)44(65)40(61)32(24)53)16-8-7-15-19(23-29(50)37(58)43(64)38(59)30(23)51)13-4-3-11(17)67(13)45(66(9)10,68(12)14)69(15)16/h1-8H/q+2. The van der Waals surface area contributed by atoms with Gasteiger partial charge in [0.2, 0.25) is 46.1 Å². The van der Waals surface area contributed by atoms with E-state index in [0.29, 0.717) is 18.3 Å². The second-order valence-corrected chi connectivity index (χ2v) is 15.6. The molecule has 0 saturated heterocycles. The smallest absolute Gasteiger partial charge is 0.203 e. The fraction of sp³-hybridized carbons (Fsp3) is 0.0222. The lowest BCUT2D eigenvalue weighted by Crippen LogP contribution is -2.71. The molecule has 0 unspecified atom stereocenters. The summed E-state index contributed by atoms with van der Waals surface area (Å²) in [5.41, 5.74) is -16.7. The van der Waals surface area contributed by atoms with Crippen LogP contribution in [0, 0.1) is 116 Å². The van der Waals surface area contributed by atoms with Crippen LogP contribution in [0.5, 0.6) is 0 Å². The summed E-state index contributed by atoms with van der Waals surface area (Å²) < 4.78 is 312. The Morgan fingerprint density at radius 1 is 0.275 bits per heavy atom. The van der Waals surface area contributed by atoms with Crippen molar-refractivity contribution in [1.82, 2.24) is 9.13 Å². The topological polar surface area (TPSA) is 15.9 Å². The zero-order valence-corrected chi connectivity index (χ0v) is 32.5. The van der Waals surface area contributed by atoms with Gasteiger partial charge in [0.1, 0.15) is 0 Å². The number of aromatic nitrogens is 2. The average Bonchev–Trinajstić information content (AvgIpc) is 4.17. The third kappa shape index (κ3) is 4.51. The maximum Gasteiger partial charge on any atom is 0.553 e. The molecule has 4 nitrogen and oxygen atoms in total. The first-order valence-corrected chi connectivity index (χ1v) is 19.1. The third-order valence-corrected chi connectivity index (χ3v) is 12.6. The second kappa shape index (κ2) is 13.2. The molecular weight excluding hydrogens is 976 g/mol. The molecule has 8 heterocycles. The molecular formula is C45H8F20N4+2. The van der Waals surface area contributed by atoms with Crippen molar-refractivity contribution in [1.29, 1.82) is 0 Å². The van der Waals surface area contributed by atoms with Crippen molar-refractivity contribution in [3.63, 3.8) is 0 Å². The molecule has 12 rings (SSSR count). The van der Waals surface area contributed by atoms with Gasteiger partial charge >= 0.3 is 5.91 Å². The first-order valence-electron chi connectivity index (χ1n) is 19.1. The highest BCUT2D eigenvalue weighted by atomic mass is 19.2. The number of hydrogen-bond acceptors (Lipinski definition) is 0.